The number of likely N-dealkylation sites (N-methyl/N-ethyl adjacent to an activating group) is 1. The van der Waals surface area contributed by atoms with E-state index in [0.29, 0.717) is 13.1 Å². The maximum atomic E-state index is 12.3. The van der Waals surface area contributed by atoms with Gasteiger partial charge in [-0.3, -0.25) is 4.79 Å². The predicted octanol–water partition coefficient (Wildman–Crippen LogP) is 3.10. The summed E-state index contributed by atoms with van der Waals surface area (Å²) in [5.74, 6) is -1.52. The molecule has 0 bridgehead atoms. The number of hydrogen-bond acceptors (Lipinski definition) is 8. The van der Waals surface area contributed by atoms with Crippen LogP contribution in [-0.4, -0.2) is 41.8 Å². The molecule has 138 valence electrons. The normalized spacial score (nSPS) is 10.6. The Hall–Kier alpha value is -3.41. The number of phenolic OH excluding ortho intramolecular Hbond substituents is 1. The molecule has 1 aromatic rings. The summed E-state index contributed by atoms with van der Waals surface area (Å²) < 4.78 is 9.42. The van der Waals surface area contributed by atoms with Gasteiger partial charge in [0.2, 0.25) is 0 Å². The maximum absolute atomic E-state index is 12.3. The van der Waals surface area contributed by atoms with Crippen LogP contribution in [0.3, 0.4) is 0 Å². The fourth-order valence-corrected chi connectivity index (χ4v) is 2.07. The Morgan fingerprint density at radius 1 is 1.31 bits per heavy atom. The molecule has 1 amide bonds. The molecular weight excluding hydrogens is 342 g/mol. The summed E-state index contributed by atoms with van der Waals surface area (Å²) in [5.41, 5.74) is -0.419. The first-order chi connectivity index (χ1) is 12.4. The first-order valence-electron chi connectivity index (χ1n) is 7.87. The molecular formula is C17H19N3O6. The van der Waals surface area contributed by atoms with Crippen molar-refractivity contribution in [2.75, 3.05) is 19.7 Å². The summed E-state index contributed by atoms with van der Waals surface area (Å²) in [6.45, 7) is 6.00. The number of amides is 1. The van der Waals surface area contributed by atoms with E-state index < -0.39 is 23.5 Å². The summed E-state index contributed by atoms with van der Waals surface area (Å²) >= 11 is 0. The molecule has 1 rings (SSSR count). The van der Waals surface area contributed by atoms with Gasteiger partial charge in [0.1, 0.15) is 11.6 Å². The molecule has 0 atom stereocenters. The molecule has 1 aromatic carbocycles. The smallest absolute Gasteiger partial charge is 0.503 e. The van der Waals surface area contributed by atoms with Gasteiger partial charge in [0, 0.05) is 13.1 Å². The Morgan fingerprint density at radius 3 is 2.46 bits per heavy atom. The second-order valence-corrected chi connectivity index (χ2v) is 4.91. The second-order valence-electron chi connectivity index (χ2n) is 4.91. The molecule has 0 radical (unpaired) electrons. The van der Waals surface area contributed by atoms with Crippen LogP contribution in [0.25, 0.3) is 6.08 Å². The topological polar surface area (TPSA) is 129 Å². The molecule has 9 nitrogen and oxygen atoms in total. The molecule has 0 saturated heterocycles. The summed E-state index contributed by atoms with van der Waals surface area (Å²) in [6.07, 6.45) is 0.132. The summed E-state index contributed by atoms with van der Waals surface area (Å²) in [7, 11) is 0. The Balaban J connectivity index is 3.34. The lowest BCUT2D eigenvalue weighted by Gasteiger charge is -2.17. The maximum Gasteiger partial charge on any atom is 0.513 e. The molecule has 0 heterocycles. The number of hydrogen-bond donors (Lipinski definition) is 1. The van der Waals surface area contributed by atoms with E-state index in [9.17, 15) is 24.9 Å². The number of phenols is 1. The number of carbonyl (C=O) groups excluding carboxylic acids is 2. The van der Waals surface area contributed by atoms with Gasteiger partial charge in [0.25, 0.3) is 5.91 Å². The number of rotatable bonds is 7. The Morgan fingerprint density at radius 2 is 1.96 bits per heavy atom. The van der Waals surface area contributed by atoms with Crippen molar-refractivity contribution in [1.82, 2.24) is 4.90 Å². The summed E-state index contributed by atoms with van der Waals surface area (Å²) in [4.78, 5) is 36.1. The van der Waals surface area contributed by atoms with E-state index >= 15 is 0 Å². The highest BCUT2D eigenvalue weighted by Gasteiger charge is 2.18. The standard InChI is InChI=1S/C17H19N3O6/c1-4-20(5-2)16(22)12(10-18)7-11-8-13(19-24)15(21)14(9-11)26-17(23)25-6-3/h7-9,21H,4-6H2,1-3H3/b12-7-. The lowest BCUT2D eigenvalue weighted by Crippen LogP contribution is -2.31. The van der Waals surface area contributed by atoms with E-state index in [4.69, 9.17) is 4.74 Å². The molecule has 0 unspecified atom stereocenters. The van der Waals surface area contributed by atoms with E-state index in [1.54, 1.807) is 26.8 Å². The lowest BCUT2D eigenvalue weighted by atomic mass is 10.1. The van der Waals surface area contributed by atoms with Crippen molar-refractivity contribution in [3.63, 3.8) is 0 Å². The van der Waals surface area contributed by atoms with Crippen LogP contribution < -0.4 is 4.74 Å². The third kappa shape index (κ3) is 5.04. The van der Waals surface area contributed by atoms with E-state index in [-0.39, 0.29) is 23.5 Å². The van der Waals surface area contributed by atoms with Crippen molar-refractivity contribution in [2.45, 2.75) is 20.8 Å². The first kappa shape index (κ1) is 20.6. The molecule has 9 heteroatoms. The summed E-state index contributed by atoms with van der Waals surface area (Å²) in [5, 5.41) is 21.8. The van der Waals surface area contributed by atoms with Crippen LogP contribution in [0.2, 0.25) is 0 Å². The molecule has 0 fully saturated rings. The average molecular weight is 361 g/mol. The van der Waals surface area contributed by atoms with Crippen molar-refractivity contribution in [3.8, 4) is 17.6 Å². The van der Waals surface area contributed by atoms with Gasteiger partial charge in [-0.2, -0.15) is 5.26 Å². The third-order valence-electron chi connectivity index (χ3n) is 3.34. The molecule has 0 spiro atoms. The number of ether oxygens (including phenoxy) is 2. The third-order valence-corrected chi connectivity index (χ3v) is 3.34. The molecule has 0 aliphatic heterocycles. The minimum atomic E-state index is -1.08. The van der Waals surface area contributed by atoms with Gasteiger partial charge >= 0.3 is 6.16 Å². The quantitative estimate of drug-likeness (QED) is 0.260. The number of benzene rings is 1. The van der Waals surface area contributed by atoms with Crippen molar-refractivity contribution < 1.29 is 24.2 Å². The van der Waals surface area contributed by atoms with Gasteiger partial charge in [-0.25, -0.2) is 4.79 Å². The predicted molar refractivity (Wildman–Crippen MR) is 92.7 cm³/mol. The Labute approximate surface area is 150 Å². The minimum absolute atomic E-state index is 0.0505. The van der Waals surface area contributed by atoms with Crippen LogP contribution in [0, 0.1) is 16.2 Å². The molecule has 0 saturated carbocycles. The highest BCUT2D eigenvalue weighted by atomic mass is 16.7. The van der Waals surface area contributed by atoms with Gasteiger partial charge in [-0.1, -0.05) is 0 Å². The molecule has 0 aliphatic rings. The van der Waals surface area contributed by atoms with Crippen molar-refractivity contribution >= 4 is 23.8 Å². The van der Waals surface area contributed by atoms with Crippen LogP contribution in [-0.2, 0) is 9.53 Å². The van der Waals surface area contributed by atoms with E-state index in [2.05, 4.69) is 9.91 Å². The van der Waals surface area contributed by atoms with Crippen LogP contribution in [0.1, 0.15) is 26.3 Å². The largest absolute Gasteiger partial charge is 0.513 e. The monoisotopic (exact) mass is 361 g/mol. The van der Waals surface area contributed by atoms with Gasteiger partial charge in [-0.15, -0.1) is 4.91 Å². The van der Waals surface area contributed by atoms with Gasteiger partial charge in [-0.05, 0) is 49.7 Å². The zero-order chi connectivity index (χ0) is 19.7. The van der Waals surface area contributed by atoms with E-state index in [1.807, 2.05) is 0 Å². The van der Waals surface area contributed by atoms with Crippen LogP contribution >= 0.6 is 0 Å². The SMILES string of the molecule is CCOC(=O)Oc1cc(/C=C(/C#N)C(=O)N(CC)CC)cc(N=O)c1O. The second kappa shape index (κ2) is 9.78. The van der Waals surface area contributed by atoms with Gasteiger partial charge in [0.05, 0.1) is 6.61 Å². The number of nitrogens with zero attached hydrogens (tertiary/aromatic N) is 3. The van der Waals surface area contributed by atoms with Crippen molar-refractivity contribution in [1.29, 1.82) is 5.26 Å². The average Bonchev–Trinajstić information content (AvgIpc) is 2.63. The zero-order valence-corrected chi connectivity index (χ0v) is 14.7. The van der Waals surface area contributed by atoms with Gasteiger partial charge in [0.15, 0.2) is 17.2 Å². The lowest BCUT2D eigenvalue weighted by molar-refractivity contribution is -0.126. The molecule has 1 N–H and O–H groups in total. The molecule has 0 aliphatic carbocycles. The van der Waals surface area contributed by atoms with Gasteiger partial charge < -0.3 is 19.5 Å². The van der Waals surface area contributed by atoms with E-state index in [1.165, 1.54) is 17.0 Å². The van der Waals surface area contributed by atoms with Crippen LogP contribution in [0.15, 0.2) is 22.9 Å². The molecule has 0 aromatic heterocycles. The molecule has 26 heavy (non-hydrogen) atoms. The minimum Gasteiger partial charge on any atom is -0.503 e. The van der Waals surface area contributed by atoms with Crippen molar-refractivity contribution in [2.24, 2.45) is 5.18 Å². The highest BCUT2D eigenvalue weighted by molar-refractivity contribution is 6.01. The Kier molecular flexibility index (Phi) is 7.76. The zero-order valence-electron chi connectivity index (χ0n) is 14.7. The van der Waals surface area contributed by atoms with Crippen molar-refractivity contribution in [3.05, 3.63) is 28.2 Å². The van der Waals surface area contributed by atoms with Crippen LogP contribution in [0.4, 0.5) is 10.5 Å². The number of carbonyl (C=O) groups is 2. The number of nitroso groups, excluding NO2 is 1. The Bertz CT molecular complexity index is 762. The summed E-state index contributed by atoms with van der Waals surface area (Å²) in [6, 6.07) is 4.15. The first-order valence-corrected chi connectivity index (χ1v) is 7.87. The fourth-order valence-electron chi connectivity index (χ4n) is 2.07. The number of aromatic hydroxyl groups is 1. The van der Waals surface area contributed by atoms with E-state index in [0.717, 1.165) is 6.07 Å². The fraction of sp³-hybridized carbons (Fsp3) is 0.353. The van der Waals surface area contributed by atoms with Crippen LogP contribution in [0.5, 0.6) is 11.5 Å². The highest BCUT2D eigenvalue weighted by Crippen LogP contribution is 2.38. The number of nitriles is 1.